The fourth-order valence-electron chi connectivity index (χ4n) is 2.40. The lowest BCUT2D eigenvalue weighted by atomic mass is 10.0. The first-order valence-corrected chi connectivity index (χ1v) is 7.86. The third-order valence-electron chi connectivity index (χ3n) is 3.70. The Balaban J connectivity index is 2.27. The van der Waals surface area contributed by atoms with Gasteiger partial charge in [-0.2, -0.15) is 0 Å². The fraction of sp³-hybridized carbons (Fsp3) is 0.211. The zero-order chi connectivity index (χ0) is 19.1. The predicted octanol–water partition coefficient (Wildman–Crippen LogP) is 2.37. The molecule has 0 aliphatic rings. The van der Waals surface area contributed by atoms with E-state index in [1.54, 1.807) is 31.2 Å². The van der Waals surface area contributed by atoms with Gasteiger partial charge in [-0.05, 0) is 36.2 Å². The molecule has 0 saturated carbocycles. The van der Waals surface area contributed by atoms with Crippen LogP contribution in [0.15, 0.2) is 47.6 Å². The van der Waals surface area contributed by atoms with Gasteiger partial charge in [-0.1, -0.05) is 29.4 Å². The monoisotopic (exact) mass is 356 g/mol. The largest absolute Gasteiger partial charge is 0.489 e. The van der Waals surface area contributed by atoms with Crippen molar-refractivity contribution in [3.05, 3.63) is 64.7 Å². The van der Waals surface area contributed by atoms with E-state index in [9.17, 15) is 9.59 Å². The van der Waals surface area contributed by atoms with E-state index in [4.69, 9.17) is 14.7 Å². The van der Waals surface area contributed by atoms with Crippen molar-refractivity contribution in [3.8, 4) is 5.75 Å². The molecule has 0 fully saturated rings. The van der Waals surface area contributed by atoms with Crippen molar-refractivity contribution in [3.63, 3.8) is 0 Å². The van der Waals surface area contributed by atoms with E-state index in [-0.39, 0.29) is 23.8 Å². The summed E-state index contributed by atoms with van der Waals surface area (Å²) < 4.78 is 5.82. The Hall–Kier alpha value is -3.35. The molecule has 2 aromatic rings. The maximum Gasteiger partial charge on any atom is 0.335 e. The number of benzene rings is 2. The average Bonchev–Trinajstić information content (AvgIpc) is 2.64. The quantitative estimate of drug-likeness (QED) is 0.586. The Bertz CT molecular complexity index is 846. The van der Waals surface area contributed by atoms with Crippen LogP contribution >= 0.6 is 0 Å². The number of carbonyl (C=O) groups excluding carboxylic acids is 1. The topological polar surface area (TPSA) is 97.2 Å². The van der Waals surface area contributed by atoms with Gasteiger partial charge in [0.1, 0.15) is 19.5 Å². The van der Waals surface area contributed by atoms with E-state index >= 15 is 0 Å². The number of amides is 1. The van der Waals surface area contributed by atoms with Crippen molar-refractivity contribution in [2.75, 3.05) is 14.2 Å². The lowest BCUT2D eigenvalue weighted by Gasteiger charge is -2.13. The van der Waals surface area contributed by atoms with Gasteiger partial charge in [0.25, 0.3) is 5.91 Å². The molecule has 136 valence electrons. The average molecular weight is 356 g/mol. The predicted molar refractivity (Wildman–Crippen MR) is 96.5 cm³/mol. The van der Waals surface area contributed by atoms with Gasteiger partial charge in [-0.15, -0.1) is 0 Å². The van der Waals surface area contributed by atoms with Crippen LogP contribution in [0.1, 0.15) is 27.0 Å². The molecule has 0 aliphatic carbocycles. The fourth-order valence-corrected chi connectivity index (χ4v) is 2.40. The Morgan fingerprint density at radius 1 is 1.19 bits per heavy atom. The number of hydrogen-bond donors (Lipinski definition) is 2. The van der Waals surface area contributed by atoms with Crippen LogP contribution in [0.3, 0.4) is 0 Å². The lowest BCUT2D eigenvalue weighted by Crippen LogP contribution is -2.29. The van der Waals surface area contributed by atoms with Gasteiger partial charge in [0.05, 0.1) is 5.56 Å². The summed E-state index contributed by atoms with van der Waals surface area (Å²) in [7, 11) is 2.88. The zero-order valence-electron chi connectivity index (χ0n) is 14.8. The van der Waals surface area contributed by atoms with Gasteiger partial charge in [0.15, 0.2) is 5.71 Å². The minimum Gasteiger partial charge on any atom is -0.489 e. The number of nitrogens with zero attached hydrogens (tertiary/aromatic N) is 1. The number of hydrogen-bond acceptors (Lipinski definition) is 5. The molecule has 0 bridgehead atoms. The van der Waals surface area contributed by atoms with Gasteiger partial charge in [0, 0.05) is 12.6 Å². The second-order valence-electron chi connectivity index (χ2n) is 5.43. The number of likely N-dealkylation sites (N-methyl/N-ethyl adjacent to an activating group) is 1. The van der Waals surface area contributed by atoms with Crippen LogP contribution in [-0.2, 0) is 16.2 Å². The van der Waals surface area contributed by atoms with Crippen LogP contribution in [0.5, 0.6) is 5.75 Å². The van der Waals surface area contributed by atoms with Crippen molar-refractivity contribution in [1.29, 1.82) is 0 Å². The molecule has 0 radical (unpaired) electrons. The number of carbonyl (C=O) groups is 2. The number of rotatable bonds is 7. The summed E-state index contributed by atoms with van der Waals surface area (Å²) in [5, 5.41) is 15.4. The SMILES string of the molecule is CNC(=O)/C(=N/OC)c1ccccc1COc1ccc(C(=O)O)cc1C. The molecule has 7 nitrogen and oxygen atoms in total. The van der Waals surface area contributed by atoms with Crippen LogP contribution in [0.4, 0.5) is 0 Å². The first-order valence-electron chi connectivity index (χ1n) is 7.86. The van der Waals surface area contributed by atoms with Crippen LogP contribution in [0, 0.1) is 6.92 Å². The third-order valence-corrected chi connectivity index (χ3v) is 3.70. The molecule has 7 heteroatoms. The van der Waals surface area contributed by atoms with Crippen molar-refractivity contribution < 1.29 is 24.3 Å². The highest BCUT2D eigenvalue weighted by Crippen LogP contribution is 2.21. The molecule has 1 amide bonds. The Morgan fingerprint density at radius 2 is 1.92 bits per heavy atom. The molecular formula is C19H20N2O5. The van der Waals surface area contributed by atoms with E-state index in [0.717, 1.165) is 5.56 Å². The van der Waals surface area contributed by atoms with E-state index in [1.165, 1.54) is 20.2 Å². The molecule has 0 spiro atoms. The second kappa shape index (κ2) is 8.66. The molecule has 0 unspecified atom stereocenters. The number of nitrogens with one attached hydrogen (secondary N) is 1. The summed E-state index contributed by atoms with van der Waals surface area (Å²) in [6, 6.07) is 11.8. The molecule has 2 N–H and O–H groups in total. The Kier molecular flexibility index (Phi) is 6.32. The summed E-state index contributed by atoms with van der Waals surface area (Å²) in [6.07, 6.45) is 0. The maximum absolute atomic E-state index is 12.1. The summed E-state index contributed by atoms with van der Waals surface area (Å²) in [4.78, 5) is 27.9. The Morgan fingerprint density at radius 3 is 2.54 bits per heavy atom. The number of ether oxygens (including phenoxy) is 1. The highest BCUT2D eigenvalue weighted by molar-refractivity contribution is 6.45. The smallest absolute Gasteiger partial charge is 0.335 e. The molecule has 0 aromatic heterocycles. The highest BCUT2D eigenvalue weighted by atomic mass is 16.6. The first-order chi connectivity index (χ1) is 12.5. The third kappa shape index (κ3) is 4.38. The summed E-state index contributed by atoms with van der Waals surface area (Å²) in [5.74, 6) is -0.799. The number of oxime groups is 1. The van der Waals surface area contributed by atoms with Gasteiger partial charge >= 0.3 is 5.97 Å². The van der Waals surface area contributed by atoms with Crippen molar-refractivity contribution in [2.45, 2.75) is 13.5 Å². The van der Waals surface area contributed by atoms with Crippen LogP contribution < -0.4 is 10.1 Å². The summed E-state index contributed by atoms with van der Waals surface area (Å²) in [5.41, 5.74) is 2.39. The van der Waals surface area contributed by atoms with Crippen LogP contribution in [-0.4, -0.2) is 36.9 Å². The summed E-state index contributed by atoms with van der Waals surface area (Å²) in [6.45, 7) is 1.96. The standard InChI is InChI=1S/C19H20N2O5/c1-12-10-13(19(23)24)8-9-16(12)26-11-14-6-4-5-7-15(14)17(21-25-3)18(22)20-2/h4-10H,11H2,1-3H3,(H,20,22)(H,23,24)/b21-17+. The van der Waals surface area contributed by atoms with E-state index < -0.39 is 5.97 Å². The van der Waals surface area contributed by atoms with Gasteiger partial charge in [-0.25, -0.2) is 4.79 Å². The van der Waals surface area contributed by atoms with Crippen LogP contribution in [0.2, 0.25) is 0 Å². The zero-order valence-corrected chi connectivity index (χ0v) is 14.8. The lowest BCUT2D eigenvalue weighted by molar-refractivity contribution is -0.114. The number of aromatic carboxylic acids is 1. The van der Waals surface area contributed by atoms with Gasteiger partial charge in [0.2, 0.25) is 0 Å². The number of carboxylic acid groups (broad SMARTS) is 1. The van der Waals surface area contributed by atoms with Crippen molar-refractivity contribution in [1.82, 2.24) is 5.32 Å². The molecule has 0 heterocycles. The van der Waals surface area contributed by atoms with Gasteiger partial charge < -0.3 is 20.0 Å². The first kappa shape index (κ1) is 19.0. The van der Waals surface area contributed by atoms with Crippen LogP contribution in [0.25, 0.3) is 0 Å². The Labute approximate surface area is 151 Å². The normalized spacial score (nSPS) is 11.0. The van der Waals surface area contributed by atoms with E-state index in [2.05, 4.69) is 10.5 Å². The second-order valence-corrected chi connectivity index (χ2v) is 5.43. The molecule has 0 atom stereocenters. The molecular weight excluding hydrogens is 336 g/mol. The molecule has 0 aliphatic heterocycles. The molecule has 0 saturated heterocycles. The minimum atomic E-state index is -0.990. The molecule has 2 aromatic carbocycles. The summed E-state index contributed by atoms with van der Waals surface area (Å²) >= 11 is 0. The molecule has 26 heavy (non-hydrogen) atoms. The van der Waals surface area contributed by atoms with E-state index in [1.807, 2.05) is 12.1 Å². The van der Waals surface area contributed by atoms with Crippen molar-refractivity contribution in [2.24, 2.45) is 5.16 Å². The van der Waals surface area contributed by atoms with E-state index in [0.29, 0.717) is 16.9 Å². The minimum absolute atomic E-state index is 0.146. The number of aryl methyl sites for hydroxylation is 1. The number of carboxylic acids is 1. The van der Waals surface area contributed by atoms with Crippen molar-refractivity contribution >= 4 is 17.6 Å². The van der Waals surface area contributed by atoms with Gasteiger partial charge in [-0.3, -0.25) is 4.79 Å². The maximum atomic E-state index is 12.1. The highest BCUT2D eigenvalue weighted by Gasteiger charge is 2.17. The molecule has 2 rings (SSSR count).